The Bertz CT molecular complexity index is 280. The highest BCUT2D eigenvalue weighted by Crippen LogP contribution is 2.27. The molecule has 0 amide bonds. The van der Waals surface area contributed by atoms with E-state index in [0.29, 0.717) is 0 Å². The lowest BCUT2D eigenvalue weighted by atomic mass is 10.3. The normalized spacial score (nSPS) is 10.0. The van der Waals surface area contributed by atoms with E-state index in [1.807, 2.05) is 6.92 Å². The first-order valence-corrected chi connectivity index (χ1v) is 4.20. The molecule has 0 saturated carbocycles. The summed E-state index contributed by atoms with van der Waals surface area (Å²) in [6.45, 7) is 3.77. The molecule has 0 saturated heterocycles. The number of hydrogen-bond donors (Lipinski definition) is 0. The number of rotatable bonds is 2. The molecule has 0 atom stereocenters. The van der Waals surface area contributed by atoms with Crippen molar-refractivity contribution in [2.24, 2.45) is 0 Å². The van der Waals surface area contributed by atoms with Gasteiger partial charge in [0.2, 0.25) is 0 Å². The van der Waals surface area contributed by atoms with Gasteiger partial charge in [-0.25, -0.2) is 0 Å². The van der Waals surface area contributed by atoms with Crippen molar-refractivity contribution in [3.8, 4) is 0 Å². The molecule has 11 heavy (non-hydrogen) atoms. The minimum Gasteiger partial charge on any atom is -0.258 e. The lowest BCUT2D eigenvalue weighted by Crippen LogP contribution is -1.85. The predicted molar refractivity (Wildman–Crippen MR) is 45.1 cm³/mol. The van der Waals surface area contributed by atoms with Gasteiger partial charge in [0.1, 0.15) is 0 Å². The van der Waals surface area contributed by atoms with Gasteiger partial charge in [-0.05, 0) is 13.3 Å². The highest BCUT2D eigenvalue weighted by atomic mass is 32.1. The zero-order chi connectivity index (χ0) is 8.43. The van der Waals surface area contributed by atoms with Gasteiger partial charge in [-0.15, -0.1) is 11.3 Å². The second-order valence-corrected chi connectivity index (χ2v) is 3.61. The fourth-order valence-electron chi connectivity index (χ4n) is 0.888. The standard InChI is InChI=1S/C7H9NO2S/c1-3-6-4-7(8(9)10)5(2)11-6/h4H,3H2,1-2H3. The smallest absolute Gasteiger partial charge is 0.258 e. The van der Waals surface area contributed by atoms with Crippen LogP contribution in [0, 0.1) is 17.0 Å². The van der Waals surface area contributed by atoms with E-state index in [4.69, 9.17) is 0 Å². The molecule has 1 aromatic heterocycles. The van der Waals surface area contributed by atoms with Crippen molar-refractivity contribution in [3.05, 3.63) is 25.9 Å². The number of nitro groups is 1. The Morgan fingerprint density at radius 2 is 2.36 bits per heavy atom. The van der Waals surface area contributed by atoms with Gasteiger partial charge in [0.15, 0.2) is 0 Å². The van der Waals surface area contributed by atoms with E-state index >= 15 is 0 Å². The van der Waals surface area contributed by atoms with Crippen molar-refractivity contribution >= 4 is 17.0 Å². The summed E-state index contributed by atoms with van der Waals surface area (Å²) in [7, 11) is 0. The van der Waals surface area contributed by atoms with Gasteiger partial charge in [-0.3, -0.25) is 10.1 Å². The molecule has 1 heterocycles. The molecule has 0 bridgehead atoms. The van der Waals surface area contributed by atoms with Crippen LogP contribution in [-0.2, 0) is 6.42 Å². The largest absolute Gasteiger partial charge is 0.283 e. The van der Waals surface area contributed by atoms with Crippen molar-refractivity contribution in [2.45, 2.75) is 20.3 Å². The Morgan fingerprint density at radius 1 is 1.73 bits per heavy atom. The Kier molecular flexibility index (Phi) is 2.24. The molecular formula is C7H9NO2S. The molecule has 60 valence electrons. The maximum Gasteiger partial charge on any atom is 0.283 e. The van der Waals surface area contributed by atoms with E-state index in [1.54, 1.807) is 13.0 Å². The fraction of sp³-hybridized carbons (Fsp3) is 0.429. The average molecular weight is 171 g/mol. The van der Waals surface area contributed by atoms with Crippen molar-refractivity contribution < 1.29 is 4.92 Å². The van der Waals surface area contributed by atoms with Crippen LogP contribution >= 0.6 is 11.3 Å². The highest BCUT2D eigenvalue weighted by Gasteiger charge is 2.13. The van der Waals surface area contributed by atoms with Gasteiger partial charge < -0.3 is 0 Å². The summed E-state index contributed by atoms with van der Waals surface area (Å²) in [5, 5.41) is 10.4. The van der Waals surface area contributed by atoms with Crippen LogP contribution in [0.3, 0.4) is 0 Å². The van der Waals surface area contributed by atoms with Crippen LogP contribution in [0.15, 0.2) is 6.07 Å². The van der Waals surface area contributed by atoms with E-state index in [2.05, 4.69) is 0 Å². The Morgan fingerprint density at radius 3 is 2.64 bits per heavy atom. The number of thiophene rings is 1. The van der Waals surface area contributed by atoms with E-state index in [9.17, 15) is 10.1 Å². The lowest BCUT2D eigenvalue weighted by molar-refractivity contribution is -0.385. The molecule has 0 aromatic carbocycles. The summed E-state index contributed by atoms with van der Waals surface area (Å²) in [5.41, 5.74) is 0.256. The summed E-state index contributed by atoms with van der Waals surface area (Å²) in [6.07, 6.45) is 0.874. The van der Waals surface area contributed by atoms with Crippen LogP contribution in [0.1, 0.15) is 16.7 Å². The summed E-state index contributed by atoms with van der Waals surface area (Å²) >= 11 is 1.50. The molecule has 3 nitrogen and oxygen atoms in total. The molecule has 0 fully saturated rings. The first-order valence-electron chi connectivity index (χ1n) is 3.39. The average Bonchev–Trinajstić information content (AvgIpc) is 2.30. The third-order valence-corrected chi connectivity index (χ3v) is 2.67. The molecule has 1 rings (SSSR count). The maximum atomic E-state index is 10.4. The van der Waals surface area contributed by atoms with E-state index in [0.717, 1.165) is 16.2 Å². The molecule has 0 radical (unpaired) electrons. The molecule has 4 heteroatoms. The minimum absolute atomic E-state index is 0.256. The van der Waals surface area contributed by atoms with E-state index in [-0.39, 0.29) is 10.6 Å². The zero-order valence-corrected chi connectivity index (χ0v) is 7.27. The fourth-order valence-corrected chi connectivity index (χ4v) is 1.83. The van der Waals surface area contributed by atoms with Crippen molar-refractivity contribution in [3.63, 3.8) is 0 Å². The Hall–Kier alpha value is -0.900. The second-order valence-electron chi connectivity index (χ2n) is 2.26. The van der Waals surface area contributed by atoms with Crippen LogP contribution in [0.4, 0.5) is 5.69 Å². The van der Waals surface area contributed by atoms with Crippen LogP contribution in [0.25, 0.3) is 0 Å². The zero-order valence-electron chi connectivity index (χ0n) is 6.46. The van der Waals surface area contributed by atoms with Gasteiger partial charge in [-0.2, -0.15) is 0 Å². The molecule has 0 spiro atoms. The Balaban J connectivity index is 3.07. The minimum atomic E-state index is -0.328. The lowest BCUT2D eigenvalue weighted by Gasteiger charge is -1.83. The SMILES string of the molecule is CCc1cc([N+](=O)[O-])c(C)s1. The molecule has 0 N–H and O–H groups in total. The van der Waals surface area contributed by atoms with Gasteiger partial charge in [0, 0.05) is 10.9 Å². The van der Waals surface area contributed by atoms with E-state index < -0.39 is 0 Å². The first kappa shape index (κ1) is 8.20. The van der Waals surface area contributed by atoms with Gasteiger partial charge in [0.05, 0.1) is 9.80 Å². The quantitative estimate of drug-likeness (QED) is 0.507. The molecule has 0 aliphatic rings. The van der Waals surface area contributed by atoms with Gasteiger partial charge >= 0.3 is 0 Å². The van der Waals surface area contributed by atoms with Gasteiger partial charge in [0.25, 0.3) is 5.69 Å². The first-order chi connectivity index (χ1) is 5.15. The topological polar surface area (TPSA) is 43.1 Å². The third kappa shape index (κ3) is 1.57. The van der Waals surface area contributed by atoms with Crippen LogP contribution in [0.5, 0.6) is 0 Å². The number of nitrogens with zero attached hydrogens (tertiary/aromatic N) is 1. The highest BCUT2D eigenvalue weighted by molar-refractivity contribution is 7.12. The summed E-state index contributed by atoms with van der Waals surface area (Å²) in [4.78, 5) is 11.9. The van der Waals surface area contributed by atoms with E-state index in [1.165, 1.54) is 11.3 Å². The molecular weight excluding hydrogens is 162 g/mol. The van der Waals surface area contributed by atoms with Crippen molar-refractivity contribution in [2.75, 3.05) is 0 Å². The number of hydrogen-bond acceptors (Lipinski definition) is 3. The molecule has 1 aromatic rings. The van der Waals surface area contributed by atoms with Crippen LogP contribution in [0.2, 0.25) is 0 Å². The summed E-state index contributed by atoms with van der Waals surface area (Å²) in [6, 6.07) is 1.65. The molecule has 0 aliphatic heterocycles. The van der Waals surface area contributed by atoms with Crippen LogP contribution < -0.4 is 0 Å². The number of aryl methyl sites for hydroxylation is 2. The van der Waals surface area contributed by atoms with Gasteiger partial charge in [-0.1, -0.05) is 6.92 Å². The molecule has 0 aliphatic carbocycles. The Labute approximate surface area is 68.8 Å². The molecule has 0 unspecified atom stereocenters. The van der Waals surface area contributed by atoms with Crippen molar-refractivity contribution in [1.29, 1.82) is 0 Å². The van der Waals surface area contributed by atoms with Crippen LogP contribution in [-0.4, -0.2) is 4.92 Å². The second kappa shape index (κ2) is 3.00. The predicted octanol–water partition coefficient (Wildman–Crippen LogP) is 2.53. The monoisotopic (exact) mass is 171 g/mol. The third-order valence-electron chi connectivity index (χ3n) is 1.49. The summed E-state index contributed by atoms with van der Waals surface area (Å²) in [5.74, 6) is 0. The van der Waals surface area contributed by atoms with Crippen molar-refractivity contribution in [1.82, 2.24) is 0 Å². The summed E-state index contributed by atoms with van der Waals surface area (Å²) < 4.78 is 0. The maximum absolute atomic E-state index is 10.4.